The number of ether oxygens (including phenoxy) is 1. The molecule has 0 bridgehead atoms. The number of aromatic nitrogens is 3. The van der Waals surface area contributed by atoms with Gasteiger partial charge in [-0.25, -0.2) is 15.0 Å². The molecule has 5 rings (SSSR count). The summed E-state index contributed by atoms with van der Waals surface area (Å²) in [6.07, 6.45) is 11.8. The molecule has 7 nitrogen and oxygen atoms in total. The Labute approximate surface area is 178 Å². The topological polar surface area (TPSA) is 92.2 Å². The molecular weight excluding hydrogens is 378 g/mol. The Kier molecular flexibility index (Phi) is 5.74. The fourth-order valence-electron chi connectivity index (χ4n) is 5.14. The number of nitrogens with zero attached hydrogens (tertiary/aromatic N) is 3. The Morgan fingerprint density at radius 3 is 2.53 bits per heavy atom. The van der Waals surface area contributed by atoms with Crippen LogP contribution in [0.5, 0.6) is 5.88 Å². The lowest BCUT2D eigenvalue weighted by atomic mass is 9.82. The van der Waals surface area contributed by atoms with Crippen LogP contribution in [-0.2, 0) is 0 Å². The van der Waals surface area contributed by atoms with E-state index in [1.54, 1.807) is 0 Å². The second-order valence-electron chi connectivity index (χ2n) is 9.47. The maximum Gasteiger partial charge on any atom is 0.224 e. The SMILES string of the molecule is CC1CC(Nc2ncc3c(OC4CCNCC4)ncc([C@H]4CC[C@@H](O)CC4)c3n2)C1. The van der Waals surface area contributed by atoms with Gasteiger partial charge in [-0.3, -0.25) is 0 Å². The zero-order chi connectivity index (χ0) is 20.5. The molecule has 3 heterocycles. The second kappa shape index (κ2) is 8.63. The van der Waals surface area contributed by atoms with Gasteiger partial charge in [0.1, 0.15) is 6.10 Å². The molecule has 162 valence electrons. The van der Waals surface area contributed by atoms with Crippen LogP contribution in [0.2, 0.25) is 0 Å². The average Bonchev–Trinajstić information content (AvgIpc) is 2.74. The molecular formula is C23H33N5O2. The summed E-state index contributed by atoms with van der Waals surface area (Å²) in [4.78, 5) is 14.3. The van der Waals surface area contributed by atoms with Gasteiger partial charge in [-0.2, -0.15) is 0 Å². The molecule has 2 aliphatic carbocycles. The third-order valence-corrected chi connectivity index (χ3v) is 7.02. The van der Waals surface area contributed by atoms with Crippen LogP contribution in [0.15, 0.2) is 12.4 Å². The molecule has 7 heteroatoms. The normalized spacial score (nSPS) is 30.1. The molecule has 2 aromatic rings. The number of pyridine rings is 1. The zero-order valence-electron chi connectivity index (χ0n) is 17.8. The Hall–Kier alpha value is -1.99. The molecule has 0 unspecified atom stereocenters. The van der Waals surface area contributed by atoms with Crippen molar-refractivity contribution in [1.29, 1.82) is 0 Å². The number of piperidine rings is 1. The first-order chi connectivity index (χ1) is 14.7. The van der Waals surface area contributed by atoms with Crippen LogP contribution in [0, 0.1) is 5.92 Å². The minimum atomic E-state index is -0.171. The maximum absolute atomic E-state index is 9.94. The summed E-state index contributed by atoms with van der Waals surface area (Å²) in [6, 6.07) is 0.470. The summed E-state index contributed by atoms with van der Waals surface area (Å²) in [7, 11) is 0. The number of rotatable bonds is 5. The molecule has 0 atom stereocenters. The van der Waals surface area contributed by atoms with Crippen molar-refractivity contribution in [2.75, 3.05) is 18.4 Å². The highest BCUT2D eigenvalue weighted by atomic mass is 16.5. The van der Waals surface area contributed by atoms with Gasteiger partial charge in [0, 0.05) is 24.0 Å². The summed E-state index contributed by atoms with van der Waals surface area (Å²) in [5.74, 6) is 2.51. The van der Waals surface area contributed by atoms with Gasteiger partial charge in [0.25, 0.3) is 0 Å². The molecule has 0 aromatic carbocycles. The molecule has 2 saturated carbocycles. The van der Waals surface area contributed by atoms with Gasteiger partial charge in [0.2, 0.25) is 11.8 Å². The number of hydrogen-bond acceptors (Lipinski definition) is 7. The Morgan fingerprint density at radius 1 is 1.03 bits per heavy atom. The van der Waals surface area contributed by atoms with Crippen LogP contribution in [0.1, 0.15) is 69.8 Å². The smallest absolute Gasteiger partial charge is 0.224 e. The van der Waals surface area contributed by atoms with Crippen LogP contribution in [0.25, 0.3) is 10.9 Å². The fourth-order valence-corrected chi connectivity index (χ4v) is 5.14. The Morgan fingerprint density at radius 2 is 1.80 bits per heavy atom. The summed E-state index contributed by atoms with van der Waals surface area (Å²) < 4.78 is 6.30. The number of aliphatic hydroxyl groups excluding tert-OH is 1. The molecule has 3 N–H and O–H groups in total. The summed E-state index contributed by atoms with van der Waals surface area (Å²) in [5, 5.41) is 17.7. The van der Waals surface area contributed by atoms with Gasteiger partial charge in [0.05, 0.1) is 17.0 Å². The second-order valence-corrected chi connectivity index (χ2v) is 9.47. The maximum atomic E-state index is 9.94. The van der Waals surface area contributed by atoms with E-state index < -0.39 is 0 Å². The third kappa shape index (κ3) is 4.23. The van der Waals surface area contributed by atoms with Gasteiger partial charge in [0.15, 0.2) is 0 Å². The first-order valence-corrected chi connectivity index (χ1v) is 11.6. The van der Waals surface area contributed by atoms with Crippen molar-refractivity contribution in [2.24, 2.45) is 5.92 Å². The lowest BCUT2D eigenvalue weighted by Crippen LogP contribution is -2.34. The van der Waals surface area contributed by atoms with Crippen molar-refractivity contribution in [3.8, 4) is 5.88 Å². The van der Waals surface area contributed by atoms with Gasteiger partial charge in [-0.15, -0.1) is 0 Å². The molecule has 1 aliphatic heterocycles. The molecule has 0 amide bonds. The molecule has 2 aromatic heterocycles. The average molecular weight is 412 g/mol. The van der Waals surface area contributed by atoms with E-state index in [-0.39, 0.29) is 12.2 Å². The van der Waals surface area contributed by atoms with Gasteiger partial charge >= 0.3 is 0 Å². The summed E-state index contributed by atoms with van der Waals surface area (Å²) in [5.41, 5.74) is 2.13. The molecule has 0 radical (unpaired) electrons. The van der Waals surface area contributed by atoms with E-state index in [1.807, 2.05) is 12.4 Å². The lowest BCUT2D eigenvalue weighted by molar-refractivity contribution is 0.122. The van der Waals surface area contributed by atoms with E-state index in [2.05, 4.69) is 22.5 Å². The van der Waals surface area contributed by atoms with E-state index in [0.29, 0.717) is 23.8 Å². The molecule has 3 fully saturated rings. The quantitative estimate of drug-likeness (QED) is 0.694. The highest BCUT2D eigenvalue weighted by Crippen LogP contribution is 2.38. The summed E-state index contributed by atoms with van der Waals surface area (Å²) >= 11 is 0. The number of aliphatic hydroxyl groups is 1. The van der Waals surface area contributed by atoms with Crippen molar-refractivity contribution in [1.82, 2.24) is 20.3 Å². The molecule has 3 aliphatic rings. The third-order valence-electron chi connectivity index (χ3n) is 7.02. The van der Waals surface area contributed by atoms with E-state index in [1.165, 1.54) is 18.4 Å². The van der Waals surface area contributed by atoms with Crippen molar-refractivity contribution in [3.05, 3.63) is 18.0 Å². The van der Waals surface area contributed by atoms with Crippen molar-refractivity contribution in [2.45, 2.75) is 82.5 Å². The number of anilines is 1. The Bertz CT molecular complexity index is 871. The molecule has 1 saturated heterocycles. The predicted molar refractivity (Wildman–Crippen MR) is 117 cm³/mol. The summed E-state index contributed by atoms with van der Waals surface area (Å²) in [6.45, 7) is 4.25. The molecule has 30 heavy (non-hydrogen) atoms. The van der Waals surface area contributed by atoms with Gasteiger partial charge in [-0.1, -0.05) is 6.92 Å². The van der Waals surface area contributed by atoms with Crippen molar-refractivity contribution in [3.63, 3.8) is 0 Å². The first-order valence-electron chi connectivity index (χ1n) is 11.6. The zero-order valence-corrected chi connectivity index (χ0v) is 17.8. The largest absolute Gasteiger partial charge is 0.474 e. The van der Waals surface area contributed by atoms with Crippen LogP contribution in [-0.4, -0.2) is 51.4 Å². The van der Waals surface area contributed by atoms with E-state index in [4.69, 9.17) is 14.7 Å². The first kappa shape index (κ1) is 19.9. The molecule has 0 spiro atoms. The van der Waals surface area contributed by atoms with Crippen molar-refractivity contribution >= 4 is 16.9 Å². The van der Waals surface area contributed by atoms with E-state index in [9.17, 15) is 5.11 Å². The minimum absolute atomic E-state index is 0.171. The standard InChI is InChI=1S/C23H33N5O2/c1-14-10-16(11-14)27-23-26-13-20-21(28-23)19(15-2-4-17(29)5-3-15)12-25-22(20)30-18-6-8-24-9-7-18/h12-18,24,29H,2-11H2,1H3,(H,26,27,28)/t14?,15-,16?,17+. The van der Waals surface area contributed by atoms with Crippen LogP contribution >= 0.6 is 0 Å². The Balaban J connectivity index is 1.46. The highest BCUT2D eigenvalue weighted by Gasteiger charge is 2.28. The van der Waals surface area contributed by atoms with Gasteiger partial charge in [-0.05, 0) is 76.3 Å². The van der Waals surface area contributed by atoms with Crippen LogP contribution in [0.4, 0.5) is 5.95 Å². The monoisotopic (exact) mass is 411 g/mol. The number of fused-ring (bicyclic) bond motifs is 1. The van der Waals surface area contributed by atoms with Crippen LogP contribution in [0.3, 0.4) is 0 Å². The number of hydrogen-bond donors (Lipinski definition) is 3. The van der Waals surface area contributed by atoms with Gasteiger partial charge < -0.3 is 20.5 Å². The van der Waals surface area contributed by atoms with Crippen LogP contribution < -0.4 is 15.4 Å². The van der Waals surface area contributed by atoms with E-state index in [0.717, 1.165) is 68.4 Å². The highest BCUT2D eigenvalue weighted by molar-refractivity contribution is 5.86. The lowest BCUT2D eigenvalue weighted by Gasteiger charge is -2.33. The van der Waals surface area contributed by atoms with Crippen molar-refractivity contribution < 1.29 is 9.84 Å². The predicted octanol–water partition coefficient (Wildman–Crippen LogP) is 3.38. The van der Waals surface area contributed by atoms with E-state index >= 15 is 0 Å². The fraction of sp³-hybridized carbons (Fsp3) is 0.696. The minimum Gasteiger partial charge on any atom is -0.474 e. The number of nitrogens with one attached hydrogen (secondary N) is 2.